The summed E-state index contributed by atoms with van der Waals surface area (Å²) in [5.41, 5.74) is 11.0. The highest BCUT2D eigenvalue weighted by molar-refractivity contribution is 5.46. The zero-order chi connectivity index (χ0) is 14.7. The van der Waals surface area contributed by atoms with E-state index in [4.69, 9.17) is 15.2 Å². The third kappa shape index (κ3) is 2.78. The number of hydrogen-bond donors (Lipinski definition) is 1. The summed E-state index contributed by atoms with van der Waals surface area (Å²) in [5.74, 6) is 1.50. The summed E-state index contributed by atoms with van der Waals surface area (Å²) in [5, 5.41) is 0. The minimum atomic E-state index is -0.194. The van der Waals surface area contributed by atoms with Crippen LogP contribution in [0.3, 0.4) is 0 Å². The molecule has 2 N–H and O–H groups in total. The van der Waals surface area contributed by atoms with Gasteiger partial charge in [0.1, 0.15) is 11.5 Å². The van der Waals surface area contributed by atoms with Crippen molar-refractivity contribution in [3.05, 3.63) is 58.7 Å². The second-order valence-corrected chi connectivity index (χ2v) is 4.93. The molecule has 2 aromatic rings. The number of hydrogen-bond acceptors (Lipinski definition) is 3. The van der Waals surface area contributed by atoms with E-state index in [0.29, 0.717) is 0 Å². The molecule has 0 radical (unpaired) electrons. The van der Waals surface area contributed by atoms with E-state index in [0.717, 1.165) is 22.6 Å². The fourth-order valence-electron chi connectivity index (χ4n) is 2.49. The number of nitrogens with two attached hydrogens (primary N) is 1. The maximum Gasteiger partial charge on any atom is 0.122 e. The standard InChI is InChI=1S/C17H21NO2/c1-11-6-5-7-12(2)16(11)17(18)13-8-14(19-3)10-15(9-13)20-4/h5-10,17H,18H2,1-4H3. The molecule has 0 aliphatic carbocycles. The molecule has 20 heavy (non-hydrogen) atoms. The van der Waals surface area contributed by atoms with Crippen molar-refractivity contribution in [2.24, 2.45) is 5.73 Å². The molecule has 0 aliphatic heterocycles. The average Bonchev–Trinajstić information content (AvgIpc) is 2.46. The summed E-state index contributed by atoms with van der Waals surface area (Å²) in [4.78, 5) is 0. The van der Waals surface area contributed by atoms with E-state index in [9.17, 15) is 0 Å². The molecule has 2 rings (SSSR count). The first-order valence-corrected chi connectivity index (χ1v) is 6.61. The molecule has 0 fully saturated rings. The molecule has 0 spiro atoms. The minimum absolute atomic E-state index is 0.194. The Kier molecular flexibility index (Phi) is 4.30. The van der Waals surface area contributed by atoms with Gasteiger partial charge in [-0.15, -0.1) is 0 Å². The predicted molar refractivity (Wildman–Crippen MR) is 81.5 cm³/mol. The lowest BCUT2D eigenvalue weighted by atomic mass is 9.92. The van der Waals surface area contributed by atoms with Gasteiger partial charge in [0, 0.05) is 6.07 Å². The molecule has 2 aromatic carbocycles. The largest absolute Gasteiger partial charge is 0.497 e. The first-order chi connectivity index (χ1) is 9.56. The third-order valence-electron chi connectivity index (χ3n) is 3.59. The molecule has 3 heteroatoms. The van der Waals surface area contributed by atoms with Crippen molar-refractivity contribution in [3.8, 4) is 11.5 Å². The highest BCUT2D eigenvalue weighted by Gasteiger charge is 2.15. The monoisotopic (exact) mass is 271 g/mol. The highest BCUT2D eigenvalue weighted by Crippen LogP contribution is 2.31. The Morgan fingerprint density at radius 1 is 0.900 bits per heavy atom. The van der Waals surface area contributed by atoms with E-state index in [2.05, 4.69) is 26.0 Å². The predicted octanol–water partition coefficient (Wildman–Crippen LogP) is 3.37. The summed E-state index contributed by atoms with van der Waals surface area (Å²) >= 11 is 0. The zero-order valence-corrected chi connectivity index (χ0v) is 12.4. The van der Waals surface area contributed by atoms with Gasteiger partial charge in [0.25, 0.3) is 0 Å². The van der Waals surface area contributed by atoms with Gasteiger partial charge in [-0.05, 0) is 48.2 Å². The van der Waals surface area contributed by atoms with Crippen LogP contribution in [0.1, 0.15) is 28.3 Å². The quantitative estimate of drug-likeness (QED) is 0.927. The van der Waals surface area contributed by atoms with Crippen LogP contribution in [0.5, 0.6) is 11.5 Å². The van der Waals surface area contributed by atoms with Crippen LogP contribution in [0.2, 0.25) is 0 Å². The molecule has 3 nitrogen and oxygen atoms in total. The molecule has 1 unspecified atom stereocenters. The molecular formula is C17H21NO2. The molecule has 0 aliphatic rings. The van der Waals surface area contributed by atoms with Gasteiger partial charge in [-0.2, -0.15) is 0 Å². The fourth-order valence-corrected chi connectivity index (χ4v) is 2.49. The van der Waals surface area contributed by atoms with Gasteiger partial charge in [0.05, 0.1) is 20.3 Å². The van der Waals surface area contributed by atoms with Gasteiger partial charge in [-0.25, -0.2) is 0 Å². The summed E-state index contributed by atoms with van der Waals surface area (Å²) < 4.78 is 10.6. The van der Waals surface area contributed by atoms with Crippen molar-refractivity contribution < 1.29 is 9.47 Å². The molecule has 0 aromatic heterocycles. The molecule has 106 valence electrons. The van der Waals surface area contributed by atoms with Gasteiger partial charge in [0.2, 0.25) is 0 Å². The molecule has 0 amide bonds. The second kappa shape index (κ2) is 5.97. The van der Waals surface area contributed by atoms with Gasteiger partial charge in [-0.3, -0.25) is 0 Å². The van der Waals surface area contributed by atoms with E-state index < -0.39 is 0 Å². The smallest absolute Gasteiger partial charge is 0.122 e. The average molecular weight is 271 g/mol. The van der Waals surface area contributed by atoms with E-state index >= 15 is 0 Å². The Morgan fingerprint density at radius 2 is 1.40 bits per heavy atom. The highest BCUT2D eigenvalue weighted by atomic mass is 16.5. The van der Waals surface area contributed by atoms with Crippen molar-refractivity contribution in [2.75, 3.05) is 14.2 Å². The Bertz CT molecular complexity index is 565. The van der Waals surface area contributed by atoms with E-state index in [-0.39, 0.29) is 6.04 Å². The summed E-state index contributed by atoms with van der Waals surface area (Å²) in [6, 6.07) is 11.8. The molecule has 1 atom stereocenters. The fraction of sp³-hybridized carbons (Fsp3) is 0.294. The van der Waals surface area contributed by atoms with Crippen LogP contribution < -0.4 is 15.2 Å². The molecule has 0 bridgehead atoms. The van der Waals surface area contributed by atoms with Gasteiger partial charge < -0.3 is 15.2 Å². The van der Waals surface area contributed by atoms with Crippen LogP contribution in [-0.4, -0.2) is 14.2 Å². The second-order valence-electron chi connectivity index (χ2n) is 4.93. The minimum Gasteiger partial charge on any atom is -0.497 e. The molecular weight excluding hydrogens is 250 g/mol. The number of benzene rings is 2. The van der Waals surface area contributed by atoms with Crippen molar-refractivity contribution >= 4 is 0 Å². The molecule has 0 saturated carbocycles. The maximum atomic E-state index is 6.45. The number of aryl methyl sites for hydroxylation is 2. The Labute approximate surface area is 120 Å². The normalized spacial score (nSPS) is 12.1. The van der Waals surface area contributed by atoms with Crippen molar-refractivity contribution in [1.82, 2.24) is 0 Å². The number of rotatable bonds is 4. The van der Waals surface area contributed by atoms with Crippen molar-refractivity contribution in [2.45, 2.75) is 19.9 Å². The topological polar surface area (TPSA) is 44.5 Å². The zero-order valence-electron chi connectivity index (χ0n) is 12.4. The Morgan fingerprint density at radius 3 is 1.85 bits per heavy atom. The lowest BCUT2D eigenvalue weighted by Crippen LogP contribution is -2.15. The van der Waals surface area contributed by atoms with Crippen LogP contribution in [-0.2, 0) is 0 Å². The maximum absolute atomic E-state index is 6.45. The number of ether oxygens (including phenoxy) is 2. The van der Waals surface area contributed by atoms with Crippen LogP contribution in [0, 0.1) is 13.8 Å². The van der Waals surface area contributed by atoms with Gasteiger partial charge in [-0.1, -0.05) is 18.2 Å². The first kappa shape index (κ1) is 14.4. The van der Waals surface area contributed by atoms with Crippen LogP contribution in [0.25, 0.3) is 0 Å². The third-order valence-corrected chi connectivity index (χ3v) is 3.59. The Hall–Kier alpha value is -2.00. The van der Waals surface area contributed by atoms with E-state index in [1.807, 2.05) is 24.3 Å². The SMILES string of the molecule is COc1cc(OC)cc(C(N)c2c(C)cccc2C)c1. The molecule has 0 saturated heterocycles. The lowest BCUT2D eigenvalue weighted by Gasteiger charge is -2.19. The van der Waals surface area contributed by atoms with Gasteiger partial charge >= 0.3 is 0 Å². The van der Waals surface area contributed by atoms with Crippen LogP contribution >= 0.6 is 0 Å². The summed E-state index contributed by atoms with van der Waals surface area (Å²) in [6.45, 7) is 4.17. The summed E-state index contributed by atoms with van der Waals surface area (Å²) in [7, 11) is 3.28. The molecule has 0 heterocycles. The lowest BCUT2D eigenvalue weighted by molar-refractivity contribution is 0.393. The van der Waals surface area contributed by atoms with Crippen LogP contribution in [0.15, 0.2) is 36.4 Å². The van der Waals surface area contributed by atoms with Crippen LogP contribution in [0.4, 0.5) is 0 Å². The van der Waals surface area contributed by atoms with Crippen molar-refractivity contribution in [3.63, 3.8) is 0 Å². The van der Waals surface area contributed by atoms with Crippen molar-refractivity contribution in [1.29, 1.82) is 0 Å². The Balaban J connectivity index is 2.50. The summed E-state index contributed by atoms with van der Waals surface area (Å²) in [6.07, 6.45) is 0. The van der Waals surface area contributed by atoms with Gasteiger partial charge in [0.15, 0.2) is 0 Å². The van der Waals surface area contributed by atoms with E-state index in [1.54, 1.807) is 14.2 Å². The number of methoxy groups -OCH3 is 2. The van der Waals surface area contributed by atoms with E-state index in [1.165, 1.54) is 11.1 Å². The first-order valence-electron chi connectivity index (χ1n) is 6.61.